The zero-order valence-corrected chi connectivity index (χ0v) is 57.5. The second-order valence-corrected chi connectivity index (χ2v) is 31.8. The van der Waals surface area contributed by atoms with Gasteiger partial charge in [0.25, 0.3) is 0 Å². The first-order valence-electron chi connectivity index (χ1n) is 32.1. The Morgan fingerprint density at radius 1 is 0.570 bits per heavy atom. The topological polar surface area (TPSA) is 172 Å². The van der Waals surface area contributed by atoms with Gasteiger partial charge >= 0.3 is 39.2 Å². The molecule has 4 bridgehead atoms. The molecule has 2 heterocycles. The fraction of sp³-hybridized carbons (Fsp3) is 0.466. The van der Waals surface area contributed by atoms with Crippen molar-refractivity contribution in [2.45, 2.75) is 179 Å². The van der Waals surface area contributed by atoms with Crippen LogP contribution < -0.4 is 26.5 Å². The third-order valence-corrected chi connectivity index (χ3v) is 25.4. The summed E-state index contributed by atoms with van der Waals surface area (Å²) in [5.41, 5.74) is 1.68. The van der Waals surface area contributed by atoms with Crippen LogP contribution in [0.25, 0.3) is 50.1 Å². The summed E-state index contributed by atoms with van der Waals surface area (Å²) in [5, 5.41) is 10.2. The Morgan fingerprint density at radius 2 is 0.914 bits per heavy atom. The summed E-state index contributed by atoms with van der Waals surface area (Å²) in [6, 6.07) is 43.7. The Labute approximate surface area is 557 Å². The third kappa shape index (κ3) is 14.1. The second kappa shape index (κ2) is 27.5. The van der Waals surface area contributed by atoms with Gasteiger partial charge < -0.3 is 45.8 Å². The minimum atomic E-state index is -6.31. The molecule has 14 rings (SSSR count). The molecule has 8 aromatic rings. The van der Waals surface area contributed by atoms with Crippen LogP contribution in [0.3, 0.4) is 0 Å². The van der Waals surface area contributed by atoms with Gasteiger partial charge in [-0.05, 0) is 213 Å². The molecule has 2 N–H and O–H groups in total. The highest BCUT2D eigenvalue weighted by Crippen LogP contribution is 2.62. The molecule has 498 valence electrons. The molecular formula is C73H82BrF4O12S3+. The van der Waals surface area contributed by atoms with Crippen LogP contribution >= 0.6 is 20.9 Å². The summed E-state index contributed by atoms with van der Waals surface area (Å²) >= 11 is 0. The number of esters is 3. The third-order valence-electron chi connectivity index (χ3n) is 19.9. The van der Waals surface area contributed by atoms with Crippen LogP contribution in [0.15, 0.2) is 121 Å². The maximum absolute atomic E-state index is 13.5. The number of carbonyl (C=O) groups excluding carboxylic acids is 3. The molecule has 0 amide bonds. The largest absolute Gasteiger partial charge is 1.00 e. The van der Waals surface area contributed by atoms with Gasteiger partial charge in [0.2, 0.25) is 0 Å². The number of halogens is 5. The molecule has 0 radical (unpaired) electrons. The molecule has 6 aliphatic carbocycles. The lowest BCUT2D eigenvalue weighted by Gasteiger charge is -2.58. The van der Waals surface area contributed by atoms with Gasteiger partial charge in [-0.15, -0.1) is 0 Å². The van der Waals surface area contributed by atoms with E-state index >= 15 is 0 Å². The van der Waals surface area contributed by atoms with E-state index in [1.807, 2.05) is 0 Å². The number of aryl methyl sites for hydroxylation is 4. The zero-order chi connectivity index (χ0) is 65.6. The van der Waals surface area contributed by atoms with Crippen molar-refractivity contribution in [1.29, 1.82) is 0 Å². The van der Waals surface area contributed by atoms with Crippen molar-refractivity contribution < 1.29 is 90.7 Å². The van der Waals surface area contributed by atoms with Crippen molar-refractivity contribution in [2.24, 2.45) is 17.3 Å². The monoisotopic (exact) mass is 1400 g/mol. The fourth-order valence-electron chi connectivity index (χ4n) is 15.8. The van der Waals surface area contributed by atoms with Crippen LogP contribution in [0.4, 0.5) is 17.6 Å². The first-order chi connectivity index (χ1) is 43.7. The normalized spacial score (nSPS) is 21.2. The number of thiophene rings is 2. The van der Waals surface area contributed by atoms with Crippen molar-refractivity contribution in [3.8, 4) is 21.3 Å². The number of aliphatic hydroxyl groups is 1. The summed E-state index contributed by atoms with van der Waals surface area (Å²) in [6.07, 6.45) is 11.5. The lowest BCUT2D eigenvalue weighted by Crippen LogP contribution is -3.00. The number of rotatable bonds is 18. The van der Waals surface area contributed by atoms with Crippen molar-refractivity contribution in [3.63, 3.8) is 0 Å². The highest BCUT2D eigenvalue weighted by molar-refractivity contribution is 7.87. The van der Waals surface area contributed by atoms with E-state index in [0.717, 1.165) is 104 Å². The van der Waals surface area contributed by atoms with E-state index in [4.69, 9.17) is 28.2 Å². The van der Waals surface area contributed by atoms with Crippen LogP contribution in [0, 0.1) is 44.9 Å². The number of ether oxygens (including phenoxy) is 5. The van der Waals surface area contributed by atoms with E-state index < -0.39 is 51.3 Å². The summed E-state index contributed by atoms with van der Waals surface area (Å²) in [4.78, 5) is 40.1. The van der Waals surface area contributed by atoms with Crippen LogP contribution in [0.1, 0.15) is 145 Å². The molecule has 2 aromatic heterocycles. The Morgan fingerprint density at radius 3 is 1.24 bits per heavy atom. The molecule has 0 spiro atoms. The van der Waals surface area contributed by atoms with Crippen LogP contribution in [-0.4, -0.2) is 83.8 Å². The molecular weight excluding hydrogens is 1320 g/mol. The molecule has 0 aliphatic heterocycles. The highest BCUT2D eigenvalue weighted by atomic mass is 79.9. The number of hydrogen-bond donors (Lipinski definition) is 2. The molecule has 0 saturated heterocycles. The lowest BCUT2D eigenvalue weighted by atomic mass is 9.48. The minimum Gasteiger partial charge on any atom is -1.00 e. The lowest BCUT2D eigenvalue weighted by molar-refractivity contribution is -0.201. The molecule has 6 aromatic carbocycles. The van der Waals surface area contributed by atoms with E-state index in [1.165, 1.54) is 50.1 Å². The Hall–Kier alpha value is -6.16. The van der Waals surface area contributed by atoms with Gasteiger partial charge in [0, 0.05) is 66.8 Å². The van der Waals surface area contributed by atoms with Gasteiger partial charge in [0.1, 0.15) is 22.7 Å². The van der Waals surface area contributed by atoms with E-state index in [-0.39, 0.29) is 92.5 Å². The van der Waals surface area contributed by atoms with Crippen molar-refractivity contribution in [3.05, 3.63) is 144 Å². The molecule has 2 atom stereocenters. The maximum Gasteiger partial charge on any atom is 0.431 e. The summed E-state index contributed by atoms with van der Waals surface area (Å²) < 4.78 is 116. The van der Waals surface area contributed by atoms with Crippen molar-refractivity contribution in [1.82, 2.24) is 0 Å². The maximum atomic E-state index is 13.5. The molecule has 6 saturated carbocycles. The zero-order valence-electron chi connectivity index (χ0n) is 53.4. The SMILES string of the molecule is CCC1(OC(=O)COc2c(C)cc(-[s+]3c4ccccc4c4ccccc43)cc2C)CCCC1.CCC1(OC(=O)COc2c(C)cc(-[s+]3c4ccccc4c4ccccc43)cc2C)CCCC1.O=C(OCCC(F)(F)C(F)(F)S(=O)(=O)O)C12CC3CC(CC(O)(C3)C1)C2.[Br-]. The summed E-state index contributed by atoms with van der Waals surface area (Å²) in [7, 11) is -6.59. The van der Waals surface area contributed by atoms with E-state index in [1.54, 1.807) is 0 Å². The first-order valence-corrected chi connectivity index (χ1v) is 36.0. The van der Waals surface area contributed by atoms with Crippen LogP contribution in [0.5, 0.6) is 11.5 Å². The smallest absolute Gasteiger partial charge is 0.431 e. The van der Waals surface area contributed by atoms with E-state index in [2.05, 4.69) is 163 Å². The quantitative estimate of drug-likeness (QED) is 0.0274. The van der Waals surface area contributed by atoms with Crippen molar-refractivity contribution >= 4 is 89.3 Å². The molecule has 20 heteroatoms. The molecule has 6 fully saturated rings. The summed E-state index contributed by atoms with van der Waals surface area (Å²) in [6.45, 7) is 11.3. The number of alkyl halides is 4. The van der Waals surface area contributed by atoms with Crippen LogP contribution in [0.2, 0.25) is 0 Å². The van der Waals surface area contributed by atoms with Crippen molar-refractivity contribution in [2.75, 3.05) is 19.8 Å². The molecule has 6 aliphatic rings. The van der Waals surface area contributed by atoms with Gasteiger partial charge in [0.05, 0.1) is 24.0 Å². The number of fused-ring (bicyclic) bond motifs is 6. The number of benzene rings is 6. The Bertz CT molecular complexity index is 3830. The van der Waals surface area contributed by atoms with Gasteiger partial charge in [-0.1, -0.05) is 62.4 Å². The standard InChI is InChI=1S/2C29H31O3S.C15H20F4O6S.BrH/c2*1-4-29(15-9-10-16-29)32-27(30)19-31-28-20(2)17-22(18-21(28)3)33-25-13-7-5-11-23(25)24-12-6-8-14-26(24)33;16-14(17,15(18,19)26(22,23)24)1-2-25-11(20)12-4-9-3-10(5-12)7-13(21,6-9)8-12;/h2*5-8,11-14,17-18H,4,9-10,15-16,19H2,1-3H3;9-10,21H,1-8H2,(H,22,23,24);1H/q2*+1;;/p-1. The minimum absolute atomic E-state index is 0. The molecule has 12 nitrogen and oxygen atoms in total. The Kier molecular flexibility index (Phi) is 20.6. The van der Waals surface area contributed by atoms with Gasteiger partial charge in [-0.25, -0.2) is 9.59 Å². The van der Waals surface area contributed by atoms with Crippen LogP contribution in [-0.2, 0) is 38.7 Å². The highest BCUT2D eigenvalue weighted by Gasteiger charge is 2.66. The average Bonchev–Trinajstić information content (AvgIpc) is 1.09. The molecule has 93 heavy (non-hydrogen) atoms. The predicted molar refractivity (Wildman–Crippen MR) is 355 cm³/mol. The fourth-order valence-corrected chi connectivity index (χ4v) is 21.4. The van der Waals surface area contributed by atoms with Gasteiger partial charge in [-0.2, -0.15) is 26.0 Å². The van der Waals surface area contributed by atoms with E-state index in [9.17, 15) is 45.5 Å². The number of carbonyl (C=O) groups is 3. The van der Waals surface area contributed by atoms with E-state index in [0.29, 0.717) is 25.7 Å². The second-order valence-electron chi connectivity index (χ2n) is 26.4. The first kappa shape index (κ1) is 69.7. The average molecular weight is 1400 g/mol. The number of hydrogen-bond acceptors (Lipinski definition) is 11. The Balaban J connectivity index is 0.000000153. The van der Waals surface area contributed by atoms with Gasteiger partial charge in [0.15, 0.2) is 41.8 Å². The van der Waals surface area contributed by atoms with Gasteiger partial charge in [-0.3, -0.25) is 9.35 Å². The predicted octanol–water partition coefficient (Wildman–Crippen LogP) is 15.4. The summed E-state index contributed by atoms with van der Waals surface area (Å²) in [5.74, 6) is -4.59. The molecule has 2 unspecified atom stereocenters.